The molecule has 0 N–H and O–H groups in total. The van der Waals surface area contributed by atoms with Gasteiger partial charge in [0.05, 0.1) is 5.57 Å². The number of nitrogens with zero attached hydrogens (tertiary/aromatic N) is 1. The van der Waals surface area contributed by atoms with Gasteiger partial charge in [0, 0.05) is 19.1 Å². The van der Waals surface area contributed by atoms with Crippen molar-refractivity contribution in [1.29, 1.82) is 0 Å². The molecule has 1 nitrogen and oxygen atoms in total. The Labute approximate surface area is 69.4 Å². The molecule has 1 rings (SSSR count). The van der Waals surface area contributed by atoms with Crippen molar-refractivity contribution < 1.29 is 4.39 Å². The van der Waals surface area contributed by atoms with Gasteiger partial charge in [-0.1, -0.05) is 0 Å². The van der Waals surface area contributed by atoms with E-state index < -0.39 is 5.57 Å². The molecular weight excluding hydrogens is 140 g/mol. The van der Waals surface area contributed by atoms with E-state index >= 15 is 0 Å². The molecule has 0 aromatic heterocycles. The van der Waals surface area contributed by atoms with Gasteiger partial charge in [-0.25, -0.2) is 0 Å². The zero-order valence-electron chi connectivity index (χ0n) is 7.31. The van der Waals surface area contributed by atoms with Crippen molar-refractivity contribution in [2.75, 3.05) is 13.1 Å². The Kier molecular flexibility index (Phi) is 2.58. The smallest absolute Gasteiger partial charge is 0.121 e. The molecule has 0 bridgehead atoms. The molecule has 1 fully saturated rings. The minimum Gasteiger partial charge on any atom is -0.301 e. The van der Waals surface area contributed by atoms with E-state index in [9.17, 15) is 4.39 Å². The summed E-state index contributed by atoms with van der Waals surface area (Å²) in [6, 6.07) is 0.520. The van der Waals surface area contributed by atoms with Gasteiger partial charge in [-0.05, 0) is 26.7 Å². The maximum absolute atomic E-state index is 13.1. The maximum Gasteiger partial charge on any atom is 0.121 e. The number of rotatable bonds is 1. The van der Waals surface area contributed by atoms with E-state index in [0.29, 0.717) is 18.9 Å². The fourth-order valence-corrected chi connectivity index (χ4v) is 1.41. The van der Waals surface area contributed by atoms with Gasteiger partial charge in [0.15, 0.2) is 0 Å². The molecule has 0 unspecified atom stereocenters. The summed E-state index contributed by atoms with van der Waals surface area (Å²) in [5.41, 5.74) is -1.40. The van der Waals surface area contributed by atoms with E-state index in [0.717, 1.165) is 13.1 Å². The molecule has 0 atom stereocenters. The van der Waals surface area contributed by atoms with Gasteiger partial charge in [0.1, 0.15) is 7.85 Å². The molecule has 0 aromatic rings. The maximum atomic E-state index is 13.1. The molecule has 1 aliphatic rings. The van der Waals surface area contributed by atoms with Gasteiger partial charge in [0.2, 0.25) is 0 Å². The molecule has 11 heavy (non-hydrogen) atoms. The standard InChI is InChI=1S/C8H15BFN/c1-7(2)11-5-3-8(9,10)4-6-11/h7H,3-6H2,1-2H3. The lowest BCUT2D eigenvalue weighted by Gasteiger charge is -2.36. The second kappa shape index (κ2) is 3.14. The summed E-state index contributed by atoms with van der Waals surface area (Å²) in [5, 5.41) is 0. The molecule has 0 amide bonds. The first-order chi connectivity index (χ1) is 5.01. The van der Waals surface area contributed by atoms with E-state index in [-0.39, 0.29) is 0 Å². The molecular formula is C8H15BFN. The van der Waals surface area contributed by atoms with Crippen molar-refractivity contribution in [3.8, 4) is 0 Å². The highest BCUT2D eigenvalue weighted by Gasteiger charge is 2.29. The van der Waals surface area contributed by atoms with Crippen molar-refractivity contribution >= 4 is 7.85 Å². The first-order valence-corrected chi connectivity index (χ1v) is 4.23. The summed E-state index contributed by atoms with van der Waals surface area (Å²) in [4.78, 5) is 2.25. The summed E-state index contributed by atoms with van der Waals surface area (Å²) in [6.45, 7) is 5.85. The van der Waals surface area contributed by atoms with Crippen LogP contribution in [0.3, 0.4) is 0 Å². The molecule has 0 aromatic carbocycles. The Morgan fingerprint density at radius 1 is 1.36 bits per heavy atom. The van der Waals surface area contributed by atoms with E-state index in [1.165, 1.54) is 0 Å². The molecule has 3 heteroatoms. The molecule has 1 heterocycles. The molecule has 0 aliphatic carbocycles. The lowest BCUT2D eigenvalue weighted by atomic mass is 9.76. The van der Waals surface area contributed by atoms with E-state index in [2.05, 4.69) is 18.7 Å². The minimum atomic E-state index is -1.40. The highest BCUT2D eigenvalue weighted by molar-refractivity contribution is 6.14. The van der Waals surface area contributed by atoms with Crippen molar-refractivity contribution in [2.24, 2.45) is 0 Å². The predicted molar refractivity (Wildman–Crippen MR) is 45.5 cm³/mol. The summed E-state index contributed by atoms with van der Waals surface area (Å²) in [5.74, 6) is 0. The van der Waals surface area contributed by atoms with Crippen molar-refractivity contribution in [3.63, 3.8) is 0 Å². The molecule has 0 spiro atoms. The fraction of sp³-hybridized carbons (Fsp3) is 1.00. The molecule has 1 aliphatic heterocycles. The van der Waals surface area contributed by atoms with Crippen LogP contribution in [0, 0.1) is 0 Å². The first kappa shape index (κ1) is 9.05. The van der Waals surface area contributed by atoms with Crippen LogP contribution in [0.15, 0.2) is 0 Å². The van der Waals surface area contributed by atoms with Crippen LogP contribution in [0.25, 0.3) is 0 Å². The van der Waals surface area contributed by atoms with Crippen LogP contribution in [0.1, 0.15) is 26.7 Å². The Morgan fingerprint density at radius 2 is 1.82 bits per heavy atom. The number of alkyl halides is 1. The number of hydrogen-bond acceptors (Lipinski definition) is 1. The van der Waals surface area contributed by atoms with Crippen molar-refractivity contribution in [3.05, 3.63) is 0 Å². The third kappa shape index (κ3) is 2.47. The molecule has 62 valence electrons. The van der Waals surface area contributed by atoms with Crippen LogP contribution in [-0.2, 0) is 0 Å². The topological polar surface area (TPSA) is 3.24 Å². The van der Waals surface area contributed by atoms with Crippen LogP contribution in [0.5, 0.6) is 0 Å². The van der Waals surface area contributed by atoms with E-state index in [1.807, 2.05) is 0 Å². The van der Waals surface area contributed by atoms with Gasteiger partial charge in [-0.15, -0.1) is 0 Å². The van der Waals surface area contributed by atoms with E-state index in [4.69, 9.17) is 7.85 Å². The Balaban J connectivity index is 2.36. The summed E-state index contributed by atoms with van der Waals surface area (Å²) >= 11 is 0. The average molecular weight is 155 g/mol. The Bertz CT molecular complexity index is 126. The lowest BCUT2D eigenvalue weighted by molar-refractivity contribution is 0.101. The normalized spacial score (nSPS) is 25.8. The zero-order valence-corrected chi connectivity index (χ0v) is 7.31. The summed E-state index contributed by atoms with van der Waals surface area (Å²) in [6.07, 6.45) is 0.955. The third-order valence-corrected chi connectivity index (χ3v) is 2.36. The van der Waals surface area contributed by atoms with Gasteiger partial charge in [-0.2, -0.15) is 0 Å². The van der Waals surface area contributed by atoms with Crippen LogP contribution < -0.4 is 0 Å². The molecule has 2 radical (unpaired) electrons. The first-order valence-electron chi connectivity index (χ1n) is 4.23. The van der Waals surface area contributed by atoms with Gasteiger partial charge in [-0.3, -0.25) is 4.39 Å². The number of piperidine rings is 1. The molecule has 1 saturated heterocycles. The van der Waals surface area contributed by atoms with Gasteiger partial charge in [0.25, 0.3) is 0 Å². The second-order valence-electron chi connectivity index (χ2n) is 3.66. The highest BCUT2D eigenvalue weighted by atomic mass is 19.1. The summed E-state index contributed by atoms with van der Waals surface area (Å²) < 4.78 is 13.1. The predicted octanol–water partition coefficient (Wildman–Crippen LogP) is 1.32. The number of halogens is 1. The summed E-state index contributed by atoms with van der Waals surface area (Å²) in [7, 11) is 5.35. The Morgan fingerprint density at radius 3 is 2.18 bits per heavy atom. The molecule has 0 saturated carbocycles. The third-order valence-electron chi connectivity index (χ3n) is 2.36. The van der Waals surface area contributed by atoms with Gasteiger partial charge >= 0.3 is 0 Å². The number of hydrogen-bond donors (Lipinski definition) is 0. The van der Waals surface area contributed by atoms with Gasteiger partial charge < -0.3 is 4.90 Å². The highest BCUT2D eigenvalue weighted by Crippen LogP contribution is 2.23. The minimum absolute atomic E-state index is 0.477. The average Bonchev–Trinajstić information content (AvgIpc) is 1.86. The van der Waals surface area contributed by atoms with Crippen molar-refractivity contribution in [1.82, 2.24) is 4.90 Å². The Hall–Kier alpha value is -0.0451. The van der Waals surface area contributed by atoms with Crippen LogP contribution in [0.2, 0.25) is 0 Å². The van der Waals surface area contributed by atoms with Crippen molar-refractivity contribution in [2.45, 2.75) is 38.3 Å². The zero-order chi connectivity index (χ0) is 8.48. The SMILES string of the molecule is [B]C1(F)CCN(C(C)C)CC1. The fourth-order valence-electron chi connectivity index (χ4n) is 1.41. The van der Waals surface area contributed by atoms with Crippen LogP contribution in [-0.4, -0.2) is 37.4 Å². The largest absolute Gasteiger partial charge is 0.301 e. The second-order valence-corrected chi connectivity index (χ2v) is 3.66. The van der Waals surface area contributed by atoms with E-state index in [1.54, 1.807) is 0 Å². The van der Waals surface area contributed by atoms with Crippen LogP contribution >= 0.6 is 0 Å². The number of likely N-dealkylation sites (tertiary alicyclic amines) is 1. The van der Waals surface area contributed by atoms with Crippen LogP contribution in [0.4, 0.5) is 4.39 Å². The quantitative estimate of drug-likeness (QED) is 0.516. The monoisotopic (exact) mass is 155 g/mol. The lowest BCUT2D eigenvalue weighted by Crippen LogP contribution is -2.44.